The topological polar surface area (TPSA) is 97.9 Å². The summed E-state index contributed by atoms with van der Waals surface area (Å²) in [4.78, 5) is 0. The molecule has 8 heteroatoms. The van der Waals surface area contributed by atoms with E-state index in [0.717, 1.165) is 11.9 Å². The molecule has 0 bridgehead atoms. The van der Waals surface area contributed by atoms with Gasteiger partial charge < -0.3 is 0 Å². The van der Waals surface area contributed by atoms with Crippen molar-refractivity contribution in [2.75, 3.05) is 6.26 Å². The Hall–Kier alpha value is -2.68. The lowest BCUT2D eigenvalue weighted by Gasteiger charge is -1.99. The van der Waals surface area contributed by atoms with E-state index in [1.54, 1.807) is 36.5 Å². The number of hydrogen-bond donors (Lipinski definition) is 0. The van der Waals surface area contributed by atoms with Gasteiger partial charge in [0.15, 0.2) is 6.07 Å². The first-order valence-corrected chi connectivity index (χ1v) is 7.56. The second-order valence-corrected chi connectivity index (χ2v) is 5.67. The molecule has 0 aliphatic carbocycles. The maximum Gasteiger partial charge on any atom is 0.264 e. The Morgan fingerprint density at radius 1 is 1.33 bits per heavy atom. The van der Waals surface area contributed by atoms with Gasteiger partial charge in [-0.1, -0.05) is 11.1 Å². The van der Waals surface area contributed by atoms with Crippen LogP contribution in [-0.2, 0) is 20.9 Å². The van der Waals surface area contributed by atoms with Crippen LogP contribution in [0.15, 0.2) is 30.5 Å². The Labute approximate surface area is 121 Å². The zero-order chi connectivity index (χ0) is 15.3. The van der Waals surface area contributed by atoms with Gasteiger partial charge in [0.1, 0.15) is 12.3 Å². The first-order chi connectivity index (χ1) is 9.98. The monoisotopic (exact) mass is 302 g/mol. The van der Waals surface area contributed by atoms with Gasteiger partial charge in [0.25, 0.3) is 10.1 Å². The standard InChI is InChI=1S/C13H10N4O3S/c1-21(18,19)20-10-12-9-17(16-15-12)13-6-4-11(5-7-13)3-2-8-14/h4-7,9H,10H2,1H3. The highest BCUT2D eigenvalue weighted by molar-refractivity contribution is 7.85. The highest BCUT2D eigenvalue weighted by Crippen LogP contribution is 2.09. The van der Waals surface area contributed by atoms with Crippen molar-refractivity contribution in [1.82, 2.24) is 15.0 Å². The van der Waals surface area contributed by atoms with Crippen LogP contribution < -0.4 is 0 Å². The largest absolute Gasteiger partial charge is 0.264 e. The molecule has 0 fully saturated rings. The minimum absolute atomic E-state index is 0.162. The van der Waals surface area contributed by atoms with E-state index in [1.165, 1.54) is 4.68 Å². The Balaban J connectivity index is 2.12. The lowest BCUT2D eigenvalue weighted by molar-refractivity contribution is 0.307. The summed E-state index contributed by atoms with van der Waals surface area (Å²) in [5.41, 5.74) is 1.84. The van der Waals surface area contributed by atoms with Gasteiger partial charge in [-0.15, -0.1) is 5.10 Å². The van der Waals surface area contributed by atoms with Crippen LogP contribution in [0, 0.1) is 23.2 Å². The quantitative estimate of drug-likeness (QED) is 0.606. The SMILES string of the molecule is CS(=O)(=O)OCc1cn(-c2ccc(C#CC#N)cc2)nn1. The highest BCUT2D eigenvalue weighted by Gasteiger charge is 2.07. The van der Waals surface area contributed by atoms with Crippen LogP contribution in [0.4, 0.5) is 0 Å². The van der Waals surface area contributed by atoms with Crippen LogP contribution in [-0.4, -0.2) is 29.7 Å². The van der Waals surface area contributed by atoms with E-state index in [9.17, 15) is 8.42 Å². The molecule has 0 radical (unpaired) electrons. The minimum atomic E-state index is -3.51. The molecule has 0 amide bonds. The molecule has 7 nitrogen and oxygen atoms in total. The predicted molar refractivity (Wildman–Crippen MR) is 73.5 cm³/mol. The molecule has 0 N–H and O–H groups in total. The van der Waals surface area contributed by atoms with Gasteiger partial charge in [0.05, 0.1) is 18.1 Å². The van der Waals surface area contributed by atoms with Gasteiger partial charge in [-0.05, 0) is 24.3 Å². The van der Waals surface area contributed by atoms with Crippen molar-refractivity contribution in [2.24, 2.45) is 0 Å². The first kappa shape index (κ1) is 14.7. The molecular formula is C13H10N4O3S. The molecule has 1 heterocycles. The zero-order valence-electron chi connectivity index (χ0n) is 11.0. The average molecular weight is 302 g/mol. The molecule has 0 atom stereocenters. The van der Waals surface area contributed by atoms with Gasteiger partial charge in [-0.3, -0.25) is 4.18 Å². The van der Waals surface area contributed by atoms with E-state index < -0.39 is 10.1 Å². The second-order valence-electron chi connectivity index (χ2n) is 4.03. The van der Waals surface area contributed by atoms with E-state index in [0.29, 0.717) is 11.3 Å². The van der Waals surface area contributed by atoms with Crippen molar-refractivity contribution < 1.29 is 12.6 Å². The molecule has 1 aromatic heterocycles. The molecule has 2 rings (SSSR count). The third-order valence-electron chi connectivity index (χ3n) is 2.36. The van der Waals surface area contributed by atoms with Gasteiger partial charge in [0.2, 0.25) is 0 Å². The number of aromatic nitrogens is 3. The fourth-order valence-corrected chi connectivity index (χ4v) is 1.79. The summed E-state index contributed by atoms with van der Waals surface area (Å²) >= 11 is 0. The van der Waals surface area contributed by atoms with E-state index >= 15 is 0 Å². The van der Waals surface area contributed by atoms with E-state index in [2.05, 4.69) is 26.3 Å². The van der Waals surface area contributed by atoms with Gasteiger partial charge in [-0.2, -0.15) is 13.7 Å². The van der Waals surface area contributed by atoms with Crippen molar-refractivity contribution >= 4 is 10.1 Å². The Morgan fingerprint density at radius 3 is 2.67 bits per heavy atom. The molecule has 0 saturated heterocycles. The molecule has 0 spiro atoms. The molecule has 2 aromatic rings. The molecule has 106 valence electrons. The summed E-state index contributed by atoms with van der Waals surface area (Å²) in [6.45, 7) is -0.162. The average Bonchev–Trinajstić information content (AvgIpc) is 2.92. The van der Waals surface area contributed by atoms with Crippen molar-refractivity contribution in [2.45, 2.75) is 6.61 Å². The van der Waals surface area contributed by atoms with Crippen LogP contribution in [0.25, 0.3) is 5.69 Å². The summed E-state index contributed by atoms with van der Waals surface area (Å²) in [6, 6.07) is 8.75. The lowest BCUT2D eigenvalue weighted by atomic mass is 10.2. The summed E-state index contributed by atoms with van der Waals surface area (Å²) in [5.74, 6) is 4.98. The highest BCUT2D eigenvalue weighted by atomic mass is 32.2. The van der Waals surface area contributed by atoms with Crippen LogP contribution in [0.3, 0.4) is 0 Å². The van der Waals surface area contributed by atoms with Crippen molar-refractivity contribution in [1.29, 1.82) is 5.26 Å². The normalized spacial score (nSPS) is 10.5. The molecule has 0 aliphatic heterocycles. The lowest BCUT2D eigenvalue weighted by Crippen LogP contribution is -2.02. The van der Waals surface area contributed by atoms with Crippen LogP contribution in [0.1, 0.15) is 11.3 Å². The van der Waals surface area contributed by atoms with Gasteiger partial charge >= 0.3 is 0 Å². The first-order valence-electron chi connectivity index (χ1n) is 5.74. The van der Waals surface area contributed by atoms with Crippen molar-refractivity contribution in [3.8, 4) is 23.6 Å². The molecule has 0 aliphatic rings. The van der Waals surface area contributed by atoms with E-state index in [-0.39, 0.29) is 6.61 Å². The fourth-order valence-electron chi connectivity index (χ4n) is 1.46. The summed E-state index contributed by atoms with van der Waals surface area (Å²) in [7, 11) is -3.51. The van der Waals surface area contributed by atoms with E-state index in [1.807, 2.05) is 0 Å². The minimum Gasteiger partial charge on any atom is -0.264 e. The second kappa shape index (κ2) is 6.18. The zero-order valence-corrected chi connectivity index (χ0v) is 11.8. The molecule has 21 heavy (non-hydrogen) atoms. The summed E-state index contributed by atoms with van der Waals surface area (Å²) in [6.07, 6.45) is 2.54. The van der Waals surface area contributed by atoms with Crippen LogP contribution in [0.2, 0.25) is 0 Å². The number of rotatable bonds is 4. The molecule has 0 unspecified atom stereocenters. The Morgan fingerprint density at radius 2 is 2.05 bits per heavy atom. The summed E-state index contributed by atoms with van der Waals surface area (Å²) in [5, 5.41) is 16.1. The maximum absolute atomic E-state index is 10.9. The summed E-state index contributed by atoms with van der Waals surface area (Å²) < 4.78 is 27.9. The number of nitrogens with zero attached hydrogens (tertiary/aromatic N) is 4. The van der Waals surface area contributed by atoms with Crippen molar-refractivity contribution in [3.63, 3.8) is 0 Å². The molecule has 1 aromatic carbocycles. The van der Waals surface area contributed by atoms with Crippen molar-refractivity contribution in [3.05, 3.63) is 41.7 Å². The number of benzene rings is 1. The number of nitriles is 1. The van der Waals surface area contributed by atoms with Gasteiger partial charge in [0, 0.05) is 11.5 Å². The number of hydrogen-bond acceptors (Lipinski definition) is 6. The van der Waals surface area contributed by atoms with E-state index in [4.69, 9.17) is 5.26 Å². The molecule has 0 saturated carbocycles. The Bertz CT molecular complexity index is 836. The predicted octanol–water partition coefficient (Wildman–Crippen LogP) is 0.619. The third-order valence-corrected chi connectivity index (χ3v) is 2.90. The van der Waals surface area contributed by atoms with Crippen LogP contribution in [0.5, 0.6) is 0 Å². The maximum atomic E-state index is 10.9. The fraction of sp³-hybridized carbons (Fsp3) is 0.154. The molecular weight excluding hydrogens is 292 g/mol. The smallest absolute Gasteiger partial charge is 0.264 e. The Kier molecular flexibility index (Phi) is 4.33. The van der Waals surface area contributed by atoms with Gasteiger partial charge in [-0.25, -0.2) is 4.68 Å². The van der Waals surface area contributed by atoms with Crippen LogP contribution >= 0.6 is 0 Å². The third kappa shape index (κ3) is 4.42.